The lowest BCUT2D eigenvalue weighted by Crippen LogP contribution is -2.22. The molecule has 0 amide bonds. The smallest absolute Gasteiger partial charge is 0.126 e. The standard InChI is InChI=1S/C15H25FN2O/c1-11-9-15(13(12(2)17)10-14(11)16)18(3)7-5-4-6-8-19/h9-10,12,19H,4-8,17H2,1-3H3/t12-/m1/s1. The Kier molecular flexibility index (Phi) is 6.25. The van der Waals surface area contributed by atoms with Crippen molar-refractivity contribution >= 4 is 5.69 Å². The maximum atomic E-state index is 13.6. The number of hydrogen-bond acceptors (Lipinski definition) is 3. The lowest BCUT2D eigenvalue weighted by Gasteiger charge is -2.25. The van der Waals surface area contributed by atoms with Gasteiger partial charge in [-0.25, -0.2) is 4.39 Å². The molecule has 0 aliphatic rings. The molecule has 1 atom stereocenters. The van der Waals surface area contributed by atoms with Crippen molar-refractivity contribution in [2.75, 3.05) is 25.1 Å². The van der Waals surface area contributed by atoms with E-state index in [1.54, 1.807) is 13.0 Å². The summed E-state index contributed by atoms with van der Waals surface area (Å²) in [6.45, 7) is 4.76. The fourth-order valence-electron chi connectivity index (χ4n) is 2.13. The van der Waals surface area contributed by atoms with Crippen molar-refractivity contribution in [3.63, 3.8) is 0 Å². The highest BCUT2D eigenvalue weighted by molar-refractivity contribution is 5.56. The minimum Gasteiger partial charge on any atom is -0.396 e. The first-order valence-electron chi connectivity index (χ1n) is 6.85. The molecule has 0 aromatic heterocycles. The molecule has 0 unspecified atom stereocenters. The second-order valence-corrected chi connectivity index (χ2v) is 5.15. The van der Waals surface area contributed by atoms with Crippen LogP contribution in [0.4, 0.5) is 10.1 Å². The lowest BCUT2D eigenvalue weighted by atomic mass is 10.0. The molecule has 0 radical (unpaired) electrons. The molecule has 1 aromatic carbocycles. The molecule has 1 aromatic rings. The Bertz CT molecular complexity index is 407. The fraction of sp³-hybridized carbons (Fsp3) is 0.600. The lowest BCUT2D eigenvalue weighted by molar-refractivity contribution is 0.283. The Morgan fingerprint density at radius 2 is 2.00 bits per heavy atom. The first-order chi connectivity index (χ1) is 8.97. The SMILES string of the molecule is Cc1cc(N(C)CCCCCO)c([C@@H](C)N)cc1F. The van der Waals surface area contributed by atoms with Crippen LogP contribution in [0.25, 0.3) is 0 Å². The predicted molar refractivity (Wildman–Crippen MR) is 77.9 cm³/mol. The number of halogens is 1. The van der Waals surface area contributed by atoms with E-state index in [-0.39, 0.29) is 18.5 Å². The number of aryl methyl sites for hydroxylation is 1. The quantitative estimate of drug-likeness (QED) is 0.748. The molecule has 4 heteroatoms. The highest BCUT2D eigenvalue weighted by Crippen LogP contribution is 2.27. The van der Waals surface area contributed by atoms with Crippen molar-refractivity contribution in [2.24, 2.45) is 5.73 Å². The van der Waals surface area contributed by atoms with Gasteiger partial charge >= 0.3 is 0 Å². The number of hydrogen-bond donors (Lipinski definition) is 2. The highest BCUT2D eigenvalue weighted by atomic mass is 19.1. The summed E-state index contributed by atoms with van der Waals surface area (Å²) in [6.07, 6.45) is 2.83. The van der Waals surface area contributed by atoms with E-state index in [2.05, 4.69) is 4.90 Å². The van der Waals surface area contributed by atoms with Crippen LogP contribution in [0, 0.1) is 12.7 Å². The van der Waals surface area contributed by atoms with Crippen molar-refractivity contribution in [3.8, 4) is 0 Å². The molecule has 0 saturated heterocycles. The van der Waals surface area contributed by atoms with Crippen molar-refractivity contribution in [3.05, 3.63) is 29.1 Å². The van der Waals surface area contributed by atoms with Crippen LogP contribution < -0.4 is 10.6 Å². The fourth-order valence-corrected chi connectivity index (χ4v) is 2.13. The van der Waals surface area contributed by atoms with Gasteiger partial charge in [-0.05, 0) is 56.4 Å². The molecule has 1 rings (SSSR count). The van der Waals surface area contributed by atoms with Gasteiger partial charge in [0.1, 0.15) is 5.82 Å². The summed E-state index contributed by atoms with van der Waals surface area (Å²) in [4.78, 5) is 2.11. The zero-order valence-corrected chi connectivity index (χ0v) is 12.1. The van der Waals surface area contributed by atoms with E-state index < -0.39 is 0 Å². The maximum absolute atomic E-state index is 13.6. The number of anilines is 1. The molecule has 3 nitrogen and oxygen atoms in total. The van der Waals surface area contributed by atoms with Gasteiger partial charge < -0.3 is 15.7 Å². The monoisotopic (exact) mass is 268 g/mol. The minimum atomic E-state index is -0.204. The average molecular weight is 268 g/mol. The zero-order chi connectivity index (χ0) is 14.4. The van der Waals surface area contributed by atoms with E-state index >= 15 is 0 Å². The number of benzene rings is 1. The predicted octanol–water partition coefficient (Wildman–Crippen LogP) is 2.75. The molecule has 0 aliphatic heterocycles. The second-order valence-electron chi connectivity index (χ2n) is 5.15. The third-order valence-electron chi connectivity index (χ3n) is 3.36. The van der Waals surface area contributed by atoms with Crippen LogP contribution in [-0.2, 0) is 0 Å². The molecular weight excluding hydrogens is 243 g/mol. The van der Waals surface area contributed by atoms with E-state index in [1.807, 2.05) is 20.0 Å². The van der Waals surface area contributed by atoms with Gasteiger partial charge in [0, 0.05) is 31.9 Å². The van der Waals surface area contributed by atoms with Crippen molar-refractivity contribution in [1.82, 2.24) is 0 Å². The first kappa shape index (κ1) is 15.9. The summed E-state index contributed by atoms with van der Waals surface area (Å²) in [5, 5.41) is 8.76. The molecule has 0 heterocycles. The number of nitrogens with two attached hydrogens (primary N) is 1. The van der Waals surface area contributed by atoms with Crippen LogP contribution in [0.1, 0.15) is 43.4 Å². The third-order valence-corrected chi connectivity index (χ3v) is 3.36. The second kappa shape index (κ2) is 7.46. The molecule has 108 valence electrons. The van der Waals surface area contributed by atoms with Gasteiger partial charge in [0.05, 0.1) is 0 Å². The van der Waals surface area contributed by atoms with Gasteiger partial charge in [-0.3, -0.25) is 0 Å². The zero-order valence-electron chi connectivity index (χ0n) is 12.1. The molecule has 3 N–H and O–H groups in total. The number of aliphatic hydroxyl groups excluding tert-OH is 1. The van der Waals surface area contributed by atoms with Crippen LogP contribution in [0.5, 0.6) is 0 Å². The van der Waals surface area contributed by atoms with Gasteiger partial charge in [0.25, 0.3) is 0 Å². The largest absolute Gasteiger partial charge is 0.396 e. The molecule has 0 fully saturated rings. The van der Waals surface area contributed by atoms with E-state index in [0.29, 0.717) is 5.56 Å². The summed E-state index contributed by atoms with van der Waals surface area (Å²) >= 11 is 0. The summed E-state index contributed by atoms with van der Waals surface area (Å²) < 4.78 is 13.6. The molecule has 19 heavy (non-hydrogen) atoms. The van der Waals surface area contributed by atoms with Crippen LogP contribution >= 0.6 is 0 Å². The Morgan fingerprint density at radius 3 is 2.58 bits per heavy atom. The Hall–Kier alpha value is -1.13. The van der Waals surface area contributed by atoms with Gasteiger partial charge in [-0.15, -0.1) is 0 Å². The van der Waals surface area contributed by atoms with E-state index in [9.17, 15) is 4.39 Å². The van der Waals surface area contributed by atoms with E-state index in [1.165, 1.54) is 0 Å². The summed E-state index contributed by atoms with van der Waals surface area (Å²) in [5.74, 6) is -0.204. The van der Waals surface area contributed by atoms with Gasteiger partial charge in [0.15, 0.2) is 0 Å². The van der Waals surface area contributed by atoms with Crippen molar-refractivity contribution < 1.29 is 9.50 Å². The Morgan fingerprint density at radius 1 is 1.32 bits per heavy atom. The number of unbranched alkanes of at least 4 members (excludes halogenated alkanes) is 2. The summed E-state index contributed by atoms with van der Waals surface area (Å²) in [7, 11) is 2.00. The minimum absolute atomic E-state index is 0.190. The average Bonchev–Trinajstić information content (AvgIpc) is 2.36. The number of aliphatic hydroxyl groups is 1. The topological polar surface area (TPSA) is 49.5 Å². The first-order valence-corrected chi connectivity index (χ1v) is 6.85. The van der Waals surface area contributed by atoms with Crippen molar-refractivity contribution in [1.29, 1.82) is 0 Å². The van der Waals surface area contributed by atoms with Gasteiger partial charge in [-0.1, -0.05) is 0 Å². The van der Waals surface area contributed by atoms with Crippen LogP contribution in [0.2, 0.25) is 0 Å². The maximum Gasteiger partial charge on any atom is 0.126 e. The Balaban J connectivity index is 2.82. The molecule has 0 spiro atoms. The number of nitrogens with zero attached hydrogens (tertiary/aromatic N) is 1. The van der Waals surface area contributed by atoms with Gasteiger partial charge in [-0.2, -0.15) is 0 Å². The number of rotatable bonds is 7. The summed E-state index contributed by atoms with van der Waals surface area (Å²) in [6, 6.07) is 3.21. The van der Waals surface area contributed by atoms with Gasteiger partial charge in [0.2, 0.25) is 0 Å². The summed E-state index contributed by atoms with van der Waals surface area (Å²) in [5.41, 5.74) is 8.40. The molecular formula is C15H25FN2O. The molecule has 0 saturated carbocycles. The van der Waals surface area contributed by atoms with Crippen molar-refractivity contribution in [2.45, 2.75) is 39.2 Å². The molecule has 0 bridgehead atoms. The van der Waals surface area contributed by atoms with Crippen LogP contribution in [-0.4, -0.2) is 25.3 Å². The molecule has 0 aliphatic carbocycles. The van der Waals surface area contributed by atoms with Crippen LogP contribution in [0.3, 0.4) is 0 Å². The normalized spacial score (nSPS) is 12.5. The van der Waals surface area contributed by atoms with E-state index in [4.69, 9.17) is 10.8 Å². The third kappa shape index (κ3) is 4.48. The van der Waals surface area contributed by atoms with E-state index in [0.717, 1.165) is 37.1 Å². The highest BCUT2D eigenvalue weighted by Gasteiger charge is 2.13. The Labute approximate surface area is 115 Å². The van der Waals surface area contributed by atoms with Crippen LogP contribution in [0.15, 0.2) is 12.1 Å².